The third kappa shape index (κ3) is 2.59. The number of allylic oxidation sites excluding steroid dienone is 2. The molecule has 0 unspecified atom stereocenters. The van der Waals surface area contributed by atoms with E-state index in [1.54, 1.807) is 0 Å². The second kappa shape index (κ2) is 5.94. The van der Waals surface area contributed by atoms with Crippen molar-refractivity contribution >= 4 is 35.1 Å². The molecule has 5 heteroatoms. The van der Waals surface area contributed by atoms with Crippen LogP contribution in [0.2, 0.25) is 0 Å². The highest BCUT2D eigenvalue weighted by atomic mass is 32.1. The van der Waals surface area contributed by atoms with E-state index in [1.807, 2.05) is 61.5 Å². The summed E-state index contributed by atoms with van der Waals surface area (Å²) < 4.78 is 11.6. The van der Waals surface area contributed by atoms with Crippen molar-refractivity contribution in [2.24, 2.45) is 0 Å². The maximum absolute atomic E-state index is 5.81. The van der Waals surface area contributed by atoms with Gasteiger partial charge in [0.2, 0.25) is 11.8 Å². The average molecular weight is 334 g/mol. The van der Waals surface area contributed by atoms with E-state index >= 15 is 0 Å². The van der Waals surface area contributed by atoms with Crippen LogP contribution in [0.1, 0.15) is 6.92 Å². The van der Waals surface area contributed by atoms with Gasteiger partial charge in [-0.05, 0) is 37.3 Å². The molecule has 0 fully saturated rings. The molecule has 0 aliphatic carbocycles. The zero-order valence-corrected chi connectivity index (χ0v) is 13.8. The molecule has 3 aromatic heterocycles. The predicted octanol–water partition coefficient (Wildman–Crippen LogP) is 3.98. The summed E-state index contributed by atoms with van der Waals surface area (Å²) in [5, 5.41) is 0.625. The number of rotatable bonds is 3. The number of thiophene rings is 1. The Bertz CT molecular complexity index is 1110. The standard InChI is InChI=1S/C19H14N2O2S/c1-3-4-8-14-12(2)20-18(22-14)16-10-11-17(24-16)19-21-13-7-5-6-9-15(13)23-19/h3-11H,2H2,1H3/b4-3-,14-8+. The fourth-order valence-electron chi connectivity index (χ4n) is 2.33. The Balaban J connectivity index is 1.74. The van der Waals surface area contributed by atoms with Crippen LogP contribution in [0.15, 0.2) is 57.4 Å². The molecule has 0 bridgehead atoms. The van der Waals surface area contributed by atoms with Crippen LogP contribution < -0.4 is 10.8 Å². The lowest BCUT2D eigenvalue weighted by Gasteiger charge is -1.87. The number of hydrogen-bond acceptors (Lipinski definition) is 5. The van der Waals surface area contributed by atoms with Gasteiger partial charge in [-0.25, -0.2) is 9.97 Å². The smallest absolute Gasteiger partial charge is 0.237 e. The summed E-state index contributed by atoms with van der Waals surface area (Å²) in [5.41, 5.74) is 2.30. The molecule has 3 heterocycles. The number of aromatic nitrogens is 2. The highest BCUT2D eigenvalue weighted by molar-refractivity contribution is 7.18. The van der Waals surface area contributed by atoms with E-state index in [1.165, 1.54) is 11.3 Å². The summed E-state index contributed by atoms with van der Waals surface area (Å²) in [6, 6.07) is 11.6. The quantitative estimate of drug-likeness (QED) is 0.569. The van der Waals surface area contributed by atoms with Gasteiger partial charge in [0.15, 0.2) is 11.0 Å². The summed E-state index contributed by atoms with van der Waals surface area (Å²) >= 11 is 1.53. The van der Waals surface area contributed by atoms with Crippen LogP contribution in [-0.4, -0.2) is 9.97 Å². The van der Waals surface area contributed by atoms with Gasteiger partial charge in [-0.15, -0.1) is 11.3 Å². The fraction of sp³-hybridized carbons (Fsp3) is 0.0526. The molecule has 4 nitrogen and oxygen atoms in total. The monoisotopic (exact) mass is 334 g/mol. The molecule has 0 saturated carbocycles. The van der Waals surface area contributed by atoms with Crippen LogP contribution in [0.25, 0.3) is 45.3 Å². The molecular weight excluding hydrogens is 320 g/mol. The van der Waals surface area contributed by atoms with E-state index < -0.39 is 0 Å². The number of oxazole rings is 2. The predicted molar refractivity (Wildman–Crippen MR) is 96.9 cm³/mol. The molecule has 0 N–H and O–H groups in total. The number of para-hydroxylation sites is 2. The molecular formula is C19H14N2O2S. The van der Waals surface area contributed by atoms with E-state index in [0.717, 1.165) is 20.9 Å². The molecule has 4 aromatic rings. The lowest BCUT2D eigenvalue weighted by molar-refractivity contribution is 0.542. The molecule has 0 aliphatic heterocycles. The Hall–Kier alpha value is -2.92. The minimum atomic E-state index is 0.558. The largest absolute Gasteiger partial charge is 0.435 e. The molecule has 4 rings (SSSR count). The molecule has 1 aromatic carbocycles. The summed E-state index contributed by atoms with van der Waals surface area (Å²) in [4.78, 5) is 10.8. The molecule has 0 radical (unpaired) electrons. The van der Waals surface area contributed by atoms with E-state index in [4.69, 9.17) is 8.83 Å². The normalized spacial score (nSPS) is 12.6. The third-order valence-corrected chi connectivity index (χ3v) is 4.55. The maximum atomic E-state index is 5.81. The van der Waals surface area contributed by atoms with E-state index in [2.05, 4.69) is 16.5 Å². The van der Waals surface area contributed by atoms with Crippen LogP contribution in [0.3, 0.4) is 0 Å². The average Bonchev–Trinajstić information content (AvgIpc) is 3.30. The topological polar surface area (TPSA) is 52.1 Å². The zero-order chi connectivity index (χ0) is 16.5. The highest BCUT2D eigenvalue weighted by Gasteiger charge is 2.13. The van der Waals surface area contributed by atoms with E-state index in [9.17, 15) is 0 Å². The van der Waals surface area contributed by atoms with E-state index in [0.29, 0.717) is 22.5 Å². The van der Waals surface area contributed by atoms with Crippen molar-refractivity contribution in [3.8, 4) is 21.5 Å². The number of benzene rings is 1. The van der Waals surface area contributed by atoms with Crippen LogP contribution >= 0.6 is 11.3 Å². The Kier molecular flexibility index (Phi) is 3.63. The number of nitrogens with zero attached hydrogens (tertiary/aromatic N) is 2. The first kappa shape index (κ1) is 14.7. The number of fused-ring (bicyclic) bond motifs is 1. The summed E-state index contributed by atoms with van der Waals surface area (Å²) in [5.74, 6) is 1.16. The second-order valence-electron chi connectivity index (χ2n) is 5.17. The van der Waals surface area contributed by atoms with Gasteiger partial charge in [0.25, 0.3) is 0 Å². The van der Waals surface area contributed by atoms with Crippen molar-refractivity contribution < 1.29 is 8.83 Å². The highest BCUT2D eigenvalue weighted by Crippen LogP contribution is 2.34. The number of hydrogen-bond donors (Lipinski definition) is 0. The van der Waals surface area contributed by atoms with Crippen molar-refractivity contribution in [3.63, 3.8) is 0 Å². The zero-order valence-electron chi connectivity index (χ0n) is 13.0. The van der Waals surface area contributed by atoms with Gasteiger partial charge >= 0.3 is 0 Å². The molecule has 0 aliphatic rings. The van der Waals surface area contributed by atoms with Crippen molar-refractivity contribution in [1.29, 1.82) is 0 Å². The fourth-order valence-corrected chi connectivity index (χ4v) is 3.19. The lowest BCUT2D eigenvalue weighted by atomic mass is 10.3. The molecule has 118 valence electrons. The summed E-state index contributed by atoms with van der Waals surface area (Å²) in [7, 11) is 0. The minimum Gasteiger partial charge on any atom is -0.435 e. The van der Waals surface area contributed by atoms with Gasteiger partial charge < -0.3 is 8.83 Å². The maximum Gasteiger partial charge on any atom is 0.237 e. The van der Waals surface area contributed by atoms with Gasteiger partial charge in [-0.3, -0.25) is 0 Å². The van der Waals surface area contributed by atoms with Gasteiger partial charge in [0, 0.05) is 0 Å². The van der Waals surface area contributed by atoms with Crippen molar-refractivity contribution in [1.82, 2.24) is 9.97 Å². The van der Waals surface area contributed by atoms with Gasteiger partial charge in [0.05, 0.1) is 9.75 Å². The van der Waals surface area contributed by atoms with Crippen LogP contribution in [0.4, 0.5) is 0 Å². The Morgan fingerprint density at radius 3 is 2.50 bits per heavy atom. The van der Waals surface area contributed by atoms with Crippen molar-refractivity contribution in [2.75, 3.05) is 0 Å². The van der Waals surface area contributed by atoms with Crippen LogP contribution in [0, 0.1) is 0 Å². The molecule has 24 heavy (non-hydrogen) atoms. The van der Waals surface area contributed by atoms with Crippen LogP contribution in [-0.2, 0) is 0 Å². The van der Waals surface area contributed by atoms with Gasteiger partial charge in [0.1, 0.15) is 10.9 Å². The lowest BCUT2D eigenvalue weighted by Crippen LogP contribution is -2.19. The summed E-state index contributed by atoms with van der Waals surface area (Å²) in [6.45, 7) is 5.86. The third-order valence-electron chi connectivity index (χ3n) is 3.49. The first-order valence-electron chi connectivity index (χ1n) is 7.49. The first-order valence-corrected chi connectivity index (χ1v) is 8.31. The van der Waals surface area contributed by atoms with Crippen molar-refractivity contribution in [2.45, 2.75) is 6.92 Å². The summed E-state index contributed by atoms with van der Waals surface area (Å²) in [6.07, 6.45) is 5.68. The minimum absolute atomic E-state index is 0.558. The molecule has 0 spiro atoms. The molecule has 0 amide bonds. The first-order chi connectivity index (χ1) is 11.7. The second-order valence-corrected chi connectivity index (χ2v) is 6.26. The molecule has 0 saturated heterocycles. The van der Waals surface area contributed by atoms with Gasteiger partial charge in [-0.1, -0.05) is 30.9 Å². The van der Waals surface area contributed by atoms with Crippen LogP contribution in [0.5, 0.6) is 0 Å². The van der Waals surface area contributed by atoms with Crippen molar-refractivity contribution in [3.05, 3.63) is 59.3 Å². The van der Waals surface area contributed by atoms with Gasteiger partial charge in [-0.2, -0.15) is 0 Å². The SMILES string of the molecule is C=c1nc(-c2ccc(-c3nc4ccccc4o3)s2)o/c1=C/C=C\C. The Morgan fingerprint density at radius 2 is 1.75 bits per heavy atom. The molecule has 0 atom stereocenters. The van der Waals surface area contributed by atoms with E-state index in [-0.39, 0.29) is 0 Å². The Labute approximate surface area is 142 Å². The Morgan fingerprint density at radius 1 is 1.00 bits per heavy atom.